The Kier molecular flexibility index (Phi) is 2.79. The summed E-state index contributed by atoms with van der Waals surface area (Å²) in [6.45, 7) is 5.22. The summed E-state index contributed by atoms with van der Waals surface area (Å²) < 4.78 is 12.2. The molecule has 1 aliphatic carbocycles. The van der Waals surface area contributed by atoms with Gasteiger partial charge in [-0.3, -0.25) is 4.79 Å². The highest BCUT2D eigenvalue weighted by molar-refractivity contribution is 7.70. The van der Waals surface area contributed by atoms with Crippen molar-refractivity contribution >= 4 is 18.2 Å². The van der Waals surface area contributed by atoms with E-state index in [2.05, 4.69) is 0 Å². The van der Waals surface area contributed by atoms with E-state index >= 15 is 0 Å². The highest BCUT2D eigenvalue weighted by Gasteiger charge is 2.43. The van der Waals surface area contributed by atoms with E-state index in [1.54, 1.807) is 20.3 Å². The van der Waals surface area contributed by atoms with Crippen molar-refractivity contribution in [3.8, 4) is 0 Å². The Morgan fingerprint density at radius 1 is 1.31 bits per heavy atom. The van der Waals surface area contributed by atoms with Crippen LogP contribution in [0.4, 0.5) is 0 Å². The monoisotopic (exact) mass is 236 g/mol. The quantitative estimate of drug-likeness (QED) is 0.756. The van der Waals surface area contributed by atoms with Gasteiger partial charge in [-0.25, -0.2) is 0 Å². The van der Waals surface area contributed by atoms with Crippen molar-refractivity contribution in [2.75, 3.05) is 13.3 Å². The van der Waals surface area contributed by atoms with Crippen LogP contribution in [0.5, 0.6) is 0 Å². The summed E-state index contributed by atoms with van der Waals surface area (Å²) in [6, 6.07) is 7.84. The maximum atomic E-state index is 12.2. The molecule has 3 heteroatoms. The molecular weight excluding hydrogens is 219 g/mol. The lowest BCUT2D eigenvalue weighted by molar-refractivity contribution is -0.118. The molecule has 0 aromatic heterocycles. The molecule has 0 radical (unpaired) electrons. The first-order valence-corrected chi connectivity index (χ1v) is 8.16. The molecule has 1 saturated carbocycles. The summed E-state index contributed by atoms with van der Waals surface area (Å²) in [5, 5.41) is 0.948. The van der Waals surface area contributed by atoms with E-state index in [9.17, 15) is 9.36 Å². The SMILES string of the molecule is CC(=O)C1CC1c1ccccc1P(C)(C)=O. The minimum Gasteiger partial charge on any atom is -0.319 e. The Bertz CT molecular complexity index is 473. The standard InChI is InChI=1S/C13H17O2P/c1-9(14)11-8-12(11)10-6-4-5-7-13(10)16(2,3)15/h4-7,11-12H,8H2,1-3H3. The molecule has 16 heavy (non-hydrogen) atoms. The van der Waals surface area contributed by atoms with Crippen LogP contribution in [0.3, 0.4) is 0 Å². The molecule has 2 atom stereocenters. The number of ketones is 1. The molecule has 2 nitrogen and oxygen atoms in total. The van der Waals surface area contributed by atoms with Crippen molar-refractivity contribution in [3.63, 3.8) is 0 Å². The van der Waals surface area contributed by atoms with Crippen LogP contribution in [0.2, 0.25) is 0 Å². The molecule has 2 unspecified atom stereocenters. The first-order chi connectivity index (χ1) is 7.41. The topological polar surface area (TPSA) is 34.1 Å². The Labute approximate surface area is 96.4 Å². The van der Waals surface area contributed by atoms with Gasteiger partial charge in [-0.15, -0.1) is 0 Å². The molecule has 0 spiro atoms. The third-order valence-corrected chi connectivity index (χ3v) is 4.80. The average molecular weight is 236 g/mol. The molecule has 0 heterocycles. The Balaban J connectivity index is 2.37. The number of carbonyl (C=O) groups excluding carboxylic acids is 1. The van der Waals surface area contributed by atoms with Gasteiger partial charge in [0, 0.05) is 11.2 Å². The van der Waals surface area contributed by atoms with Gasteiger partial charge in [0.25, 0.3) is 0 Å². The zero-order chi connectivity index (χ0) is 11.9. The summed E-state index contributed by atoms with van der Waals surface area (Å²) in [5.41, 5.74) is 1.12. The summed E-state index contributed by atoms with van der Waals surface area (Å²) >= 11 is 0. The van der Waals surface area contributed by atoms with Crippen molar-refractivity contribution < 1.29 is 9.36 Å². The van der Waals surface area contributed by atoms with E-state index < -0.39 is 7.14 Å². The first-order valence-electron chi connectivity index (χ1n) is 5.56. The molecule has 1 aliphatic rings. The normalized spacial score (nSPS) is 24.2. The minimum atomic E-state index is -2.24. The van der Waals surface area contributed by atoms with Crippen molar-refractivity contribution in [3.05, 3.63) is 29.8 Å². The van der Waals surface area contributed by atoms with Gasteiger partial charge < -0.3 is 4.57 Å². The second kappa shape index (κ2) is 3.85. The van der Waals surface area contributed by atoms with E-state index in [0.29, 0.717) is 5.92 Å². The summed E-state index contributed by atoms with van der Waals surface area (Å²) in [5.74, 6) is 0.719. The predicted molar refractivity (Wildman–Crippen MR) is 67.1 cm³/mol. The number of Topliss-reactive ketones (excluding diaryl/α,β-unsaturated/α-hetero) is 1. The number of carbonyl (C=O) groups is 1. The van der Waals surface area contributed by atoms with Gasteiger partial charge in [-0.1, -0.05) is 24.3 Å². The fourth-order valence-corrected chi connectivity index (χ4v) is 3.59. The lowest BCUT2D eigenvalue weighted by atomic mass is 10.1. The van der Waals surface area contributed by atoms with Crippen molar-refractivity contribution in [2.45, 2.75) is 19.3 Å². The molecule has 0 amide bonds. The molecular formula is C13H17O2P. The average Bonchev–Trinajstić information content (AvgIpc) is 2.95. The smallest absolute Gasteiger partial charge is 0.133 e. The van der Waals surface area contributed by atoms with E-state index in [1.165, 1.54) is 0 Å². The van der Waals surface area contributed by atoms with Crippen molar-refractivity contribution in [1.29, 1.82) is 0 Å². The number of rotatable bonds is 3. The van der Waals surface area contributed by atoms with E-state index in [-0.39, 0.29) is 11.7 Å². The van der Waals surface area contributed by atoms with Crippen LogP contribution in [-0.2, 0) is 9.36 Å². The van der Waals surface area contributed by atoms with Crippen LogP contribution in [-0.4, -0.2) is 19.1 Å². The van der Waals surface area contributed by atoms with Crippen LogP contribution in [0.1, 0.15) is 24.8 Å². The predicted octanol–water partition coefficient (Wildman–Crippen LogP) is 2.63. The van der Waals surface area contributed by atoms with Crippen LogP contribution in [0, 0.1) is 5.92 Å². The maximum Gasteiger partial charge on any atom is 0.133 e. The molecule has 1 aromatic rings. The Hall–Kier alpha value is -0.880. The van der Waals surface area contributed by atoms with Gasteiger partial charge in [0.2, 0.25) is 0 Å². The van der Waals surface area contributed by atoms with Gasteiger partial charge in [0.05, 0.1) is 0 Å². The molecule has 86 valence electrons. The number of benzene rings is 1. The van der Waals surface area contributed by atoms with Gasteiger partial charge in [0.1, 0.15) is 12.9 Å². The second-order valence-corrected chi connectivity index (χ2v) is 8.15. The highest BCUT2D eigenvalue weighted by Crippen LogP contribution is 2.50. The second-order valence-electron chi connectivity index (χ2n) is 4.97. The fourth-order valence-electron chi connectivity index (χ4n) is 2.28. The fraction of sp³-hybridized carbons (Fsp3) is 0.462. The van der Waals surface area contributed by atoms with Gasteiger partial charge >= 0.3 is 0 Å². The van der Waals surface area contributed by atoms with Crippen molar-refractivity contribution in [1.82, 2.24) is 0 Å². The van der Waals surface area contributed by atoms with E-state index in [1.807, 2.05) is 24.3 Å². The van der Waals surface area contributed by atoms with Gasteiger partial charge in [-0.05, 0) is 38.2 Å². The minimum absolute atomic E-state index is 0.160. The van der Waals surface area contributed by atoms with E-state index in [4.69, 9.17) is 0 Å². The Morgan fingerprint density at radius 2 is 1.94 bits per heavy atom. The largest absolute Gasteiger partial charge is 0.319 e. The molecule has 0 N–H and O–H groups in total. The molecule has 0 aliphatic heterocycles. The third kappa shape index (κ3) is 2.12. The number of hydrogen-bond donors (Lipinski definition) is 0. The summed E-state index contributed by atoms with van der Waals surface area (Å²) in [6.07, 6.45) is 0.923. The summed E-state index contributed by atoms with van der Waals surface area (Å²) in [7, 11) is -2.24. The van der Waals surface area contributed by atoms with Gasteiger partial charge in [0.15, 0.2) is 0 Å². The zero-order valence-corrected chi connectivity index (χ0v) is 10.8. The van der Waals surface area contributed by atoms with Gasteiger partial charge in [-0.2, -0.15) is 0 Å². The molecule has 1 aromatic carbocycles. The van der Waals surface area contributed by atoms with Crippen LogP contribution < -0.4 is 5.30 Å². The lowest BCUT2D eigenvalue weighted by Crippen LogP contribution is -2.10. The molecule has 2 rings (SSSR count). The third-order valence-electron chi connectivity index (χ3n) is 3.23. The van der Waals surface area contributed by atoms with Crippen LogP contribution in [0.15, 0.2) is 24.3 Å². The molecule has 0 bridgehead atoms. The van der Waals surface area contributed by atoms with Crippen LogP contribution in [0.25, 0.3) is 0 Å². The number of hydrogen-bond acceptors (Lipinski definition) is 2. The maximum absolute atomic E-state index is 12.2. The van der Waals surface area contributed by atoms with E-state index in [0.717, 1.165) is 17.3 Å². The molecule has 1 fully saturated rings. The Morgan fingerprint density at radius 3 is 2.44 bits per heavy atom. The first kappa shape index (κ1) is 11.6. The highest BCUT2D eigenvalue weighted by atomic mass is 31.2. The lowest BCUT2D eigenvalue weighted by Gasteiger charge is -2.12. The molecule has 0 saturated heterocycles. The summed E-state index contributed by atoms with van der Waals surface area (Å²) in [4.78, 5) is 11.3. The van der Waals surface area contributed by atoms with Crippen LogP contribution >= 0.6 is 7.14 Å². The van der Waals surface area contributed by atoms with Crippen molar-refractivity contribution in [2.24, 2.45) is 5.92 Å². The zero-order valence-electron chi connectivity index (χ0n) is 9.93.